The second-order valence-electron chi connectivity index (χ2n) is 25.2. The van der Waals surface area contributed by atoms with Crippen molar-refractivity contribution >= 4 is 17.9 Å². The van der Waals surface area contributed by atoms with Crippen molar-refractivity contribution in [2.24, 2.45) is 0 Å². The van der Waals surface area contributed by atoms with Gasteiger partial charge in [0.2, 0.25) is 0 Å². The maximum atomic E-state index is 12.9. The molecule has 0 radical (unpaired) electrons. The topological polar surface area (TPSA) is 78.9 Å². The SMILES string of the molecule is CCCCCCCCCCCCCCCCCCCCCCCCCCCCCCCCCC(=O)OCC(COC(=O)CCCCCCC)OC(=O)CCCCCCCCCCCCCCCCCCCCCCCCCCC. The summed E-state index contributed by atoms with van der Waals surface area (Å²) in [7, 11) is 0. The highest BCUT2D eigenvalue weighted by molar-refractivity contribution is 5.71. The van der Waals surface area contributed by atoms with Crippen molar-refractivity contribution < 1.29 is 28.6 Å². The monoisotopic (exact) mass is 1120 g/mol. The van der Waals surface area contributed by atoms with Gasteiger partial charge in [-0.3, -0.25) is 14.4 Å². The minimum Gasteiger partial charge on any atom is -0.462 e. The molecule has 0 aromatic heterocycles. The fourth-order valence-corrected chi connectivity index (χ4v) is 11.6. The first-order chi connectivity index (χ1) is 39.0. The molecule has 6 heteroatoms. The summed E-state index contributed by atoms with van der Waals surface area (Å²) in [6.45, 7) is 6.65. The molecular weight excluding hydrogens is 973 g/mol. The highest BCUT2D eigenvalue weighted by Crippen LogP contribution is 2.20. The highest BCUT2D eigenvalue weighted by Gasteiger charge is 2.19. The molecule has 0 aliphatic heterocycles. The highest BCUT2D eigenvalue weighted by atomic mass is 16.6. The normalized spacial score (nSPS) is 11.9. The van der Waals surface area contributed by atoms with E-state index < -0.39 is 6.10 Å². The molecule has 0 saturated heterocycles. The van der Waals surface area contributed by atoms with E-state index in [4.69, 9.17) is 14.2 Å². The van der Waals surface area contributed by atoms with Gasteiger partial charge < -0.3 is 14.2 Å². The third kappa shape index (κ3) is 67.1. The molecule has 0 aliphatic rings. The van der Waals surface area contributed by atoms with E-state index in [1.165, 1.54) is 327 Å². The van der Waals surface area contributed by atoms with Crippen LogP contribution >= 0.6 is 0 Å². The van der Waals surface area contributed by atoms with Crippen LogP contribution in [0.25, 0.3) is 0 Å². The standard InChI is InChI=1S/C73H142O6/c1-4-7-10-13-15-17-19-21-23-25-27-29-31-33-34-35-36-37-38-40-41-43-45-47-49-51-53-55-57-60-63-66-72(75)78-69-70(68-77-71(74)65-62-59-12-9-6-3)79-73(76)67-64-61-58-56-54-52-50-48-46-44-42-39-32-30-28-26-24-22-20-18-16-14-11-8-5-2/h70H,4-69H2,1-3H3. The van der Waals surface area contributed by atoms with Gasteiger partial charge in [0.15, 0.2) is 6.10 Å². The molecule has 0 aromatic rings. The van der Waals surface area contributed by atoms with Crippen molar-refractivity contribution in [3.8, 4) is 0 Å². The van der Waals surface area contributed by atoms with Gasteiger partial charge in [0.1, 0.15) is 13.2 Å². The average molecular weight is 1120 g/mol. The van der Waals surface area contributed by atoms with Crippen LogP contribution in [0.5, 0.6) is 0 Å². The van der Waals surface area contributed by atoms with E-state index in [2.05, 4.69) is 20.8 Å². The molecule has 1 atom stereocenters. The van der Waals surface area contributed by atoms with Crippen LogP contribution in [-0.4, -0.2) is 37.2 Å². The number of rotatable bonds is 69. The van der Waals surface area contributed by atoms with Gasteiger partial charge in [-0.1, -0.05) is 393 Å². The van der Waals surface area contributed by atoms with Gasteiger partial charge in [0.25, 0.3) is 0 Å². The van der Waals surface area contributed by atoms with Crippen molar-refractivity contribution in [1.29, 1.82) is 0 Å². The minimum atomic E-state index is -0.761. The van der Waals surface area contributed by atoms with Crippen LogP contribution in [0.2, 0.25) is 0 Å². The quantitative estimate of drug-likeness (QED) is 0.0343. The Kier molecular flexibility index (Phi) is 67.5. The van der Waals surface area contributed by atoms with E-state index in [0.717, 1.165) is 64.2 Å². The minimum absolute atomic E-state index is 0.0621. The molecule has 0 aromatic carbocycles. The molecule has 0 aliphatic carbocycles. The van der Waals surface area contributed by atoms with Gasteiger partial charge in [0, 0.05) is 19.3 Å². The number of hydrogen-bond acceptors (Lipinski definition) is 6. The van der Waals surface area contributed by atoms with Crippen LogP contribution in [0.3, 0.4) is 0 Å². The van der Waals surface area contributed by atoms with Crippen LogP contribution < -0.4 is 0 Å². The number of unbranched alkanes of at least 4 members (excludes halogenated alkanes) is 58. The molecule has 0 spiro atoms. The first-order valence-electron chi connectivity index (χ1n) is 36.5. The second-order valence-corrected chi connectivity index (χ2v) is 25.2. The Labute approximate surface area is 495 Å². The van der Waals surface area contributed by atoms with E-state index in [1.807, 2.05) is 0 Å². The van der Waals surface area contributed by atoms with Gasteiger partial charge in [-0.15, -0.1) is 0 Å². The number of ether oxygens (including phenoxy) is 3. The summed E-state index contributed by atoms with van der Waals surface area (Å²) in [6, 6.07) is 0. The van der Waals surface area contributed by atoms with Crippen LogP contribution in [0.1, 0.15) is 432 Å². The maximum Gasteiger partial charge on any atom is 0.306 e. The predicted molar refractivity (Wildman–Crippen MR) is 344 cm³/mol. The summed E-state index contributed by atoms with van der Waals surface area (Å²) < 4.78 is 16.8. The van der Waals surface area contributed by atoms with E-state index in [9.17, 15) is 14.4 Å². The molecule has 470 valence electrons. The molecule has 0 N–H and O–H groups in total. The summed E-state index contributed by atoms with van der Waals surface area (Å²) in [5.41, 5.74) is 0. The van der Waals surface area contributed by atoms with Crippen LogP contribution in [-0.2, 0) is 28.6 Å². The Hall–Kier alpha value is -1.59. The summed E-state index contributed by atoms with van der Waals surface area (Å²) in [6.07, 6.45) is 82.2. The zero-order valence-corrected chi connectivity index (χ0v) is 54.2. The summed E-state index contributed by atoms with van der Waals surface area (Å²) in [5, 5.41) is 0. The molecule has 79 heavy (non-hydrogen) atoms. The third-order valence-corrected chi connectivity index (χ3v) is 17.1. The first-order valence-corrected chi connectivity index (χ1v) is 36.5. The van der Waals surface area contributed by atoms with Crippen molar-refractivity contribution in [2.75, 3.05) is 13.2 Å². The molecule has 0 fully saturated rings. The van der Waals surface area contributed by atoms with Crippen molar-refractivity contribution in [3.63, 3.8) is 0 Å². The van der Waals surface area contributed by atoms with Crippen LogP contribution in [0, 0.1) is 0 Å². The van der Waals surface area contributed by atoms with E-state index in [-0.39, 0.29) is 31.1 Å². The van der Waals surface area contributed by atoms with Crippen molar-refractivity contribution in [2.45, 2.75) is 438 Å². The number of carbonyl (C=O) groups is 3. The molecule has 0 amide bonds. The lowest BCUT2D eigenvalue weighted by Gasteiger charge is -2.18. The molecule has 0 bridgehead atoms. The van der Waals surface area contributed by atoms with Crippen molar-refractivity contribution in [1.82, 2.24) is 0 Å². The van der Waals surface area contributed by atoms with Gasteiger partial charge >= 0.3 is 17.9 Å². The molecule has 1 unspecified atom stereocenters. The smallest absolute Gasteiger partial charge is 0.306 e. The van der Waals surface area contributed by atoms with E-state index in [1.54, 1.807) is 0 Å². The zero-order valence-electron chi connectivity index (χ0n) is 54.2. The van der Waals surface area contributed by atoms with E-state index >= 15 is 0 Å². The lowest BCUT2D eigenvalue weighted by molar-refractivity contribution is -0.167. The molecular formula is C73H142O6. The molecule has 0 heterocycles. The maximum absolute atomic E-state index is 12.9. The van der Waals surface area contributed by atoms with Gasteiger partial charge in [0.05, 0.1) is 0 Å². The third-order valence-electron chi connectivity index (χ3n) is 17.1. The Morgan fingerprint density at radius 1 is 0.203 bits per heavy atom. The summed E-state index contributed by atoms with van der Waals surface area (Å²) in [5.74, 6) is -0.841. The first kappa shape index (κ1) is 77.4. The van der Waals surface area contributed by atoms with Gasteiger partial charge in [-0.2, -0.15) is 0 Å². The van der Waals surface area contributed by atoms with Gasteiger partial charge in [-0.05, 0) is 19.3 Å². The largest absolute Gasteiger partial charge is 0.462 e. The summed E-state index contributed by atoms with van der Waals surface area (Å²) in [4.78, 5) is 38.0. The predicted octanol–water partition coefficient (Wildman–Crippen LogP) is 25.0. The Bertz CT molecular complexity index is 1190. The Morgan fingerprint density at radius 3 is 0.506 bits per heavy atom. The second kappa shape index (κ2) is 68.9. The molecule has 6 nitrogen and oxygen atoms in total. The molecule has 0 rings (SSSR count). The Balaban J connectivity index is 3.86. The van der Waals surface area contributed by atoms with Crippen LogP contribution in [0.4, 0.5) is 0 Å². The zero-order chi connectivity index (χ0) is 57.1. The van der Waals surface area contributed by atoms with E-state index in [0.29, 0.717) is 19.3 Å². The lowest BCUT2D eigenvalue weighted by atomic mass is 10.0. The van der Waals surface area contributed by atoms with Crippen molar-refractivity contribution in [3.05, 3.63) is 0 Å². The fourth-order valence-electron chi connectivity index (χ4n) is 11.6. The molecule has 0 saturated carbocycles. The number of esters is 3. The van der Waals surface area contributed by atoms with Crippen LogP contribution in [0.15, 0.2) is 0 Å². The van der Waals surface area contributed by atoms with Gasteiger partial charge in [-0.25, -0.2) is 0 Å². The Morgan fingerprint density at radius 2 is 0.342 bits per heavy atom. The summed E-state index contributed by atoms with van der Waals surface area (Å²) >= 11 is 0. The average Bonchev–Trinajstić information content (AvgIpc) is 3.45. The number of hydrogen-bond donors (Lipinski definition) is 0. The lowest BCUT2D eigenvalue weighted by Crippen LogP contribution is -2.30. The fraction of sp³-hybridized carbons (Fsp3) is 0.959. The number of carbonyl (C=O) groups excluding carboxylic acids is 3.